The lowest BCUT2D eigenvalue weighted by Crippen LogP contribution is -2.46. The van der Waals surface area contributed by atoms with Crippen molar-refractivity contribution in [3.05, 3.63) is 30.3 Å². The van der Waals surface area contributed by atoms with E-state index in [1.165, 1.54) is 19.2 Å². The van der Waals surface area contributed by atoms with Gasteiger partial charge < -0.3 is 15.8 Å². The molecule has 3 N–H and O–H groups in total. The fourth-order valence-corrected chi connectivity index (χ4v) is 3.02. The Morgan fingerprint density at radius 1 is 1.29 bits per heavy atom. The second-order valence-corrected chi connectivity index (χ2v) is 6.49. The molecule has 0 aliphatic rings. The van der Waals surface area contributed by atoms with Gasteiger partial charge in [-0.15, -0.1) is 0 Å². The van der Waals surface area contributed by atoms with Gasteiger partial charge in [-0.2, -0.15) is 0 Å². The SMILES string of the molecule is COCC(=O)N[C@@H](CCS(=O)(=O)c1ccccc1)C(N)=O. The van der Waals surface area contributed by atoms with Crippen LogP contribution in [0, 0.1) is 0 Å². The molecule has 0 radical (unpaired) electrons. The average Bonchev–Trinajstić information content (AvgIpc) is 2.44. The maximum atomic E-state index is 12.1. The lowest BCUT2D eigenvalue weighted by molar-refractivity contribution is -0.129. The van der Waals surface area contributed by atoms with Crippen molar-refractivity contribution in [1.82, 2.24) is 5.32 Å². The molecule has 1 aromatic carbocycles. The summed E-state index contributed by atoms with van der Waals surface area (Å²) in [5.41, 5.74) is 5.16. The molecule has 0 fully saturated rings. The summed E-state index contributed by atoms with van der Waals surface area (Å²) in [6.07, 6.45) is -0.0952. The first-order chi connectivity index (χ1) is 9.86. The number of hydrogen-bond acceptors (Lipinski definition) is 5. The van der Waals surface area contributed by atoms with Crippen LogP contribution in [0.1, 0.15) is 6.42 Å². The number of nitrogens with one attached hydrogen (secondary N) is 1. The summed E-state index contributed by atoms with van der Waals surface area (Å²) >= 11 is 0. The van der Waals surface area contributed by atoms with Crippen LogP contribution in [-0.2, 0) is 24.2 Å². The van der Waals surface area contributed by atoms with Crippen molar-refractivity contribution in [3.8, 4) is 0 Å². The van der Waals surface area contributed by atoms with E-state index in [1.807, 2.05) is 0 Å². The summed E-state index contributed by atoms with van der Waals surface area (Å²) in [6.45, 7) is -0.227. The van der Waals surface area contributed by atoms with E-state index in [1.54, 1.807) is 18.2 Å². The molecular weight excluding hydrogens is 296 g/mol. The van der Waals surface area contributed by atoms with E-state index in [0.29, 0.717) is 0 Å². The van der Waals surface area contributed by atoms with E-state index in [2.05, 4.69) is 10.1 Å². The molecule has 0 aliphatic heterocycles. The molecule has 7 nitrogen and oxygen atoms in total. The monoisotopic (exact) mass is 314 g/mol. The van der Waals surface area contributed by atoms with Gasteiger partial charge in [0, 0.05) is 7.11 Å². The molecular formula is C13H18N2O5S. The maximum absolute atomic E-state index is 12.1. The Bertz CT molecular complexity index is 586. The Labute approximate surface area is 123 Å². The van der Waals surface area contributed by atoms with Gasteiger partial charge in [-0.1, -0.05) is 18.2 Å². The third kappa shape index (κ3) is 5.52. The van der Waals surface area contributed by atoms with Gasteiger partial charge in [0.2, 0.25) is 11.8 Å². The highest BCUT2D eigenvalue weighted by Gasteiger charge is 2.22. The van der Waals surface area contributed by atoms with Gasteiger partial charge in [0.15, 0.2) is 9.84 Å². The van der Waals surface area contributed by atoms with Crippen molar-refractivity contribution in [3.63, 3.8) is 0 Å². The van der Waals surface area contributed by atoms with Crippen LogP contribution in [0.2, 0.25) is 0 Å². The van der Waals surface area contributed by atoms with Crippen LogP contribution in [0.25, 0.3) is 0 Å². The Morgan fingerprint density at radius 2 is 1.90 bits per heavy atom. The van der Waals surface area contributed by atoms with Crippen molar-refractivity contribution in [2.75, 3.05) is 19.5 Å². The second kappa shape index (κ2) is 7.75. The van der Waals surface area contributed by atoms with Crippen molar-refractivity contribution < 1.29 is 22.7 Å². The second-order valence-electron chi connectivity index (χ2n) is 4.38. The number of primary amides is 1. The number of benzene rings is 1. The lowest BCUT2D eigenvalue weighted by Gasteiger charge is -2.15. The van der Waals surface area contributed by atoms with Crippen molar-refractivity contribution in [2.24, 2.45) is 5.73 Å². The Kier molecular flexibility index (Phi) is 6.32. The zero-order valence-electron chi connectivity index (χ0n) is 11.6. The van der Waals surface area contributed by atoms with E-state index >= 15 is 0 Å². The van der Waals surface area contributed by atoms with Crippen LogP contribution in [0.4, 0.5) is 0 Å². The molecule has 1 aromatic rings. The van der Waals surface area contributed by atoms with Crippen LogP contribution < -0.4 is 11.1 Å². The number of rotatable bonds is 8. The Morgan fingerprint density at radius 3 is 2.43 bits per heavy atom. The zero-order chi connectivity index (χ0) is 15.9. The first-order valence-corrected chi connectivity index (χ1v) is 7.87. The summed E-state index contributed by atoms with van der Waals surface area (Å²) < 4.78 is 28.8. The highest BCUT2D eigenvalue weighted by atomic mass is 32.2. The van der Waals surface area contributed by atoms with Crippen molar-refractivity contribution >= 4 is 21.7 Å². The maximum Gasteiger partial charge on any atom is 0.246 e. The molecule has 1 atom stereocenters. The highest BCUT2D eigenvalue weighted by molar-refractivity contribution is 7.91. The summed E-state index contributed by atoms with van der Waals surface area (Å²) in [6, 6.07) is 6.82. The average molecular weight is 314 g/mol. The number of amides is 2. The smallest absolute Gasteiger partial charge is 0.246 e. The number of nitrogens with two attached hydrogens (primary N) is 1. The Hall–Kier alpha value is -1.93. The first-order valence-electron chi connectivity index (χ1n) is 6.22. The minimum atomic E-state index is -3.53. The Balaban J connectivity index is 2.69. The first kappa shape index (κ1) is 17.1. The molecule has 0 bridgehead atoms. The van der Waals surface area contributed by atoms with E-state index < -0.39 is 27.7 Å². The zero-order valence-corrected chi connectivity index (χ0v) is 12.4. The molecule has 8 heteroatoms. The number of hydrogen-bond donors (Lipinski definition) is 2. The van der Waals surface area contributed by atoms with Gasteiger partial charge in [0.1, 0.15) is 12.6 Å². The number of ether oxygens (including phenoxy) is 1. The fourth-order valence-electron chi connectivity index (χ4n) is 1.67. The van der Waals surface area contributed by atoms with Crippen LogP contribution in [0.15, 0.2) is 35.2 Å². The van der Waals surface area contributed by atoms with Gasteiger partial charge in [-0.3, -0.25) is 9.59 Å². The molecule has 0 aliphatic carbocycles. The summed E-state index contributed by atoms with van der Waals surface area (Å²) in [5.74, 6) is -1.61. The molecule has 0 unspecified atom stereocenters. The van der Waals surface area contributed by atoms with Gasteiger partial charge in [-0.25, -0.2) is 8.42 Å². The molecule has 116 valence electrons. The van der Waals surface area contributed by atoms with Crippen LogP contribution in [0.3, 0.4) is 0 Å². The summed E-state index contributed by atoms with van der Waals surface area (Å²) in [4.78, 5) is 22.8. The van der Waals surface area contributed by atoms with Crippen LogP contribution >= 0.6 is 0 Å². The fraction of sp³-hybridized carbons (Fsp3) is 0.385. The van der Waals surface area contributed by atoms with Gasteiger partial charge in [-0.05, 0) is 18.6 Å². The van der Waals surface area contributed by atoms with Crippen LogP contribution in [-0.4, -0.2) is 45.7 Å². The quantitative estimate of drug-likeness (QED) is 0.669. The van der Waals surface area contributed by atoms with E-state index in [9.17, 15) is 18.0 Å². The molecule has 0 spiro atoms. The number of methoxy groups -OCH3 is 1. The molecule has 0 aromatic heterocycles. The minimum absolute atomic E-state index is 0.0952. The van der Waals surface area contributed by atoms with E-state index in [4.69, 9.17) is 5.73 Å². The molecule has 1 rings (SSSR count). The highest BCUT2D eigenvalue weighted by Crippen LogP contribution is 2.12. The third-order valence-electron chi connectivity index (χ3n) is 2.73. The third-order valence-corrected chi connectivity index (χ3v) is 4.50. The van der Waals surface area contributed by atoms with E-state index in [0.717, 1.165) is 0 Å². The van der Waals surface area contributed by atoms with E-state index in [-0.39, 0.29) is 23.7 Å². The van der Waals surface area contributed by atoms with Crippen molar-refractivity contribution in [1.29, 1.82) is 0 Å². The largest absolute Gasteiger partial charge is 0.375 e. The minimum Gasteiger partial charge on any atom is -0.375 e. The standard InChI is InChI=1S/C13H18N2O5S/c1-20-9-12(16)15-11(13(14)17)7-8-21(18,19)10-5-3-2-4-6-10/h2-6,11H,7-9H2,1H3,(H2,14,17)(H,15,16)/t11-/m0/s1. The van der Waals surface area contributed by atoms with Gasteiger partial charge in [0.05, 0.1) is 10.6 Å². The molecule has 2 amide bonds. The molecule has 0 saturated heterocycles. The number of carbonyl (C=O) groups is 2. The molecule has 0 heterocycles. The summed E-state index contributed by atoms with van der Waals surface area (Å²) in [7, 11) is -2.20. The van der Waals surface area contributed by atoms with Crippen LogP contribution in [0.5, 0.6) is 0 Å². The van der Waals surface area contributed by atoms with Crippen molar-refractivity contribution in [2.45, 2.75) is 17.4 Å². The lowest BCUT2D eigenvalue weighted by atomic mass is 10.2. The van der Waals surface area contributed by atoms with Gasteiger partial charge >= 0.3 is 0 Å². The summed E-state index contributed by atoms with van der Waals surface area (Å²) in [5, 5.41) is 2.34. The normalized spacial score (nSPS) is 12.6. The topological polar surface area (TPSA) is 116 Å². The molecule has 21 heavy (non-hydrogen) atoms. The predicted molar refractivity (Wildman–Crippen MR) is 76.1 cm³/mol. The molecule has 0 saturated carbocycles. The predicted octanol–water partition coefficient (Wildman–Crippen LogP) is -0.533. The van der Waals surface area contributed by atoms with Gasteiger partial charge in [0.25, 0.3) is 0 Å². The number of carbonyl (C=O) groups excluding carboxylic acids is 2. The number of sulfone groups is 1.